The summed E-state index contributed by atoms with van der Waals surface area (Å²) in [5.41, 5.74) is 3.78. The topological polar surface area (TPSA) is 71.3 Å². The van der Waals surface area contributed by atoms with Crippen LogP contribution in [0.5, 0.6) is 0 Å². The van der Waals surface area contributed by atoms with Crippen LogP contribution >= 0.6 is 0 Å². The lowest BCUT2D eigenvalue weighted by Crippen LogP contribution is -2.34. The first-order valence-electron chi connectivity index (χ1n) is 6.69. The molecule has 1 rings (SSSR count). The van der Waals surface area contributed by atoms with Gasteiger partial charge >= 0.3 is 5.97 Å². The van der Waals surface area contributed by atoms with Crippen LogP contribution in [0.25, 0.3) is 6.08 Å². The summed E-state index contributed by atoms with van der Waals surface area (Å²) in [6.45, 7) is 0. The molecule has 0 radical (unpaired) electrons. The number of methoxy groups -OCH3 is 1. The molecule has 0 heterocycles. The lowest BCUT2D eigenvalue weighted by molar-refractivity contribution is -0.141. The van der Waals surface area contributed by atoms with Crippen LogP contribution in [0.4, 0.5) is 0 Å². The number of nitriles is 1. The highest BCUT2D eigenvalue weighted by Gasteiger charge is 2.20. The Morgan fingerprint density at radius 2 is 2.10 bits per heavy atom. The van der Waals surface area contributed by atoms with Gasteiger partial charge < -0.3 is 9.57 Å². The SMILES string of the molecule is CONC(CCC(=O)OC)C(C#N)/C=C/c1ccccc1. The molecule has 5 heteroatoms. The van der Waals surface area contributed by atoms with E-state index in [1.165, 1.54) is 14.2 Å². The molecule has 0 saturated heterocycles. The van der Waals surface area contributed by atoms with Crippen molar-refractivity contribution in [2.75, 3.05) is 14.2 Å². The molecule has 2 atom stereocenters. The molecule has 0 amide bonds. The zero-order valence-electron chi connectivity index (χ0n) is 12.3. The van der Waals surface area contributed by atoms with Crippen molar-refractivity contribution in [3.05, 3.63) is 42.0 Å². The number of nitrogens with one attached hydrogen (secondary N) is 1. The van der Waals surface area contributed by atoms with E-state index >= 15 is 0 Å². The van der Waals surface area contributed by atoms with Crippen molar-refractivity contribution < 1.29 is 14.4 Å². The molecular weight excluding hydrogens is 268 g/mol. The fourth-order valence-electron chi connectivity index (χ4n) is 1.88. The third-order valence-corrected chi connectivity index (χ3v) is 3.03. The van der Waals surface area contributed by atoms with Crippen LogP contribution in [0.3, 0.4) is 0 Å². The molecule has 5 nitrogen and oxygen atoms in total. The zero-order chi connectivity index (χ0) is 15.5. The third kappa shape index (κ3) is 6.21. The largest absolute Gasteiger partial charge is 0.469 e. The first-order valence-corrected chi connectivity index (χ1v) is 6.69. The van der Waals surface area contributed by atoms with Crippen molar-refractivity contribution >= 4 is 12.0 Å². The number of hydrogen-bond acceptors (Lipinski definition) is 5. The van der Waals surface area contributed by atoms with Crippen molar-refractivity contribution in [1.29, 1.82) is 5.26 Å². The van der Waals surface area contributed by atoms with Crippen molar-refractivity contribution in [3.63, 3.8) is 0 Å². The Bertz CT molecular complexity index is 494. The monoisotopic (exact) mass is 288 g/mol. The summed E-state index contributed by atoms with van der Waals surface area (Å²) in [5.74, 6) is -0.712. The van der Waals surface area contributed by atoms with E-state index < -0.39 is 5.92 Å². The number of ether oxygens (including phenoxy) is 1. The van der Waals surface area contributed by atoms with Gasteiger partial charge in [0.25, 0.3) is 0 Å². The molecule has 112 valence electrons. The molecule has 0 fully saturated rings. The van der Waals surface area contributed by atoms with Crippen LogP contribution < -0.4 is 5.48 Å². The van der Waals surface area contributed by atoms with Crippen molar-refractivity contribution in [2.45, 2.75) is 18.9 Å². The Labute approximate surface area is 125 Å². The summed E-state index contributed by atoms with van der Waals surface area (Å²) in [6.07, 6.45) is 4.38. The van der Waals surface area contributed by atoms with Gasteiger partial charge in [0.1, 0.15) is 0 Å². The van der Waals surface area contributed by atoms with Gasteiger partial charge in [0, 0.05) is 6.42 Å². The number of esters is 1. The van der Waals surface area contributed by atoms with Crippen LogP contribution in [-0.2, 0) is 14.4 Å². The molecule has 0 bridgehead atoms. The minimum atomic E-state index is -0.408. The molecular formula is C16H20N2O3. The Hall–Kier alpha value is -2.16. The third-order valence-electron chi connectivity index (χ3n) is 3.03. The number of carbonyl (C=O) groups is 1. The predicted molar refractivity (Wildman–Crippen MR) is 79.8 cm³/mol. The van der Waals surface area contributed by atoms with Gasteiger partial charge in [-0.25, -0.2) is 0 Å². The van der Waals surface area contributed by atoms with Gasteiger partial charge in [-0.1, -0.05) is 42.5 Å². The Morgan fingerprint density at radius 3 is 2.67 bits per heavy atom. The summed E-state index contributed by atoms with van der Waals surface area (Å²) < 4.78 is 4.61. The molecule has 2 unspecified atom stereocenters. The van der Waals surface area contributed by atoms with Crippen LogP contribution in [-0.4, -0.2) is 26.2 Å². The molecule has 1 aromatic carbocycles. The Kier molecular flexibility index (Phi) is 7.80. The zero-order valence-corrected chi connectivity index (χ0v) is 12.3. The van der Waals surface area contributed by atoms with E-state index in [2.05, 4.69) is 16.3 Å². The second-order valence-electron chi connectivity index (χ2n) is 4.47. The van der Waals surface area contributed by atoms with Gasteiger partial charge in [0.2, 0.25) is 0 Å². The molecule has 0 aliphatic rings. The minimum Gasteiger partial charge on any atom is -0.469 e. The maximum Gasteiger partial charge on any atom is 0.305 e. The van der Waals surface area contributed by atoms with Crippen LogP contribution in [0.1, 0.15) is 18.4 Å². The van der Waals surface area contributed by atoms with E-state index in [-0.39, 0.29) is 18.4 Å². The molecule has 0 aliphatic heterocycles. The fraction of sp³-hybridized carbons (Fsp3) is 0.375. The number of hydrogen-bond donors (Lipinski definition) is 1. The van der Waals surface area contributed by atoms with E-state index in [9.17, 15) is 10.1 Å². The molecule has 1 N–H and O–H groups in total. The number of rotatable bonds is 8. The van der Waals surface area contributed by atoms with Gasteiger partial charge in [0.05, 0.1) is 32.2 Å². The summed E-state index contributed by atoms with van der Waals surface area (Å²) in [5, 5.41) is 9.31. The number of carbonyl (C=O) groups excluding carboxylic acids is 1. The van der Waals surface area contributed by atoms with Crippen LogP contribution in [0.2, 0.25) is 0 Å². The predicted octanol–water partition coefficient (Wildman–Crippen LogP) is 2.31. The maximum atomic E-state index is 11.2. The van der Waals surface area contributed by atoms with Crippen molar-refractivity contribution in [2.24, 2.45) is 5.92 Å². The minimum absolute atomic E-state index is 0.231. The smallest absolute Gasteiger partial charge is 0.305 e. The fourth-order valence-corrected chi connectivity index (χ4v) is 1.88. The lowest BCUT2D eigenvalue weighted by Gasteiger charge is -2.19. The normalized spacial score (nSPS) is 13.6. The quantitative estimate of drug-likeness (QED) is 0.587. The molecule has 21 heavy (non-hydrogen) atoms. The highest BCUT2D eigenvalue weighted by atomic mass is 16.6. The van der Waals surface area contributed by atoms with Gasteiger partial charge in [-0.3, -0.25) is 4.79 Å². The summed E-state index contributed by atoms with van der Waals surface area (Å²) in [4.78, 5) is 16.1. The van der Waals surface area contributed by atoms with E-state index in [4.69, 9.17) is 4.84 Å². The lowest BCUT2D eigenvalue weighted by atomic mass is 9.96. The standard InChI is InChI=1S/C16H20N2O3/c1-20-16(19)11-10-15(18-21-2)14(12-17)9-8-13-6-4-3-5-7-13/h3-9,14-15,18H,10-11H2,1-2H3/b9-8+. The molecule has 0 saturated carbocycles. The molecule has 0 spiro atoms. The van der Waals surface area contributed by atoms with Crippen molar-refractivity contribution in [3.8, 4) is 6.07 Å². The number of hydroxylamine groups is 1. The Balaban J connectivity index is 2.70. The van der Waals surface area contributed by atoms with E-state index in [0.29, 0.717) is 6.42 Å². The summed E-state index contributed by atoms with van der Waals surface area (Å²) in [6, 6.07) is 11.7. The second kappa shape index (κ2) is 9.70. The first-order chi connectivity index (χ1) is 10.2. The average molecular weight is 288 g/mol. The Morgan fingerprint density at radius 1 is 1.38 bits per heavy atom. The summed E-state index contributed by atoms with van der Waals surface area (Å²) >= 11 is 0. The molecule has 0 aromatic heterocycles. The van der Waals surface area contributed by atoms with E-state index in [1.807, 2.05) is 42.5 Å². The molecule has 1 aromatic rings. The second-order valence-corrected chi connectivity index (χ2v) is 4.47. The average Bonchev–Trinajstić information content (AvgIpc) is 2.53. The first kappa shape index (κ1) is 16.9. The van der Waals surface area contributed by atoms with Crippen molar-refractivity contribution in [1.82, 2.24) is 5.48 Å². The van der Waals surface area contributed by atoms with Gasteiger partial charge in [-0.15, -0.1) is 0 Å². The van der Waals surface area contributed by atoms with Gasteiger partial charge in [-0.2, -0.15) is 10.7 Å². The van der Waals surface area contributed by atoms with Gasteiger partial charge in [0.15, 0.2) is 0 Å². The van der Waals surface area contributed by atoms with Crippen LogP contribution in [0.15, 0.2) is 36.4 Å². The molecule has 0 aliphatic carbocycles. The highest BCUT2D eigenvalue weighted by Crippen LogP contribution is 2.14. The number of benzene rings is 1. The van der Waals surface area contributed by atoms with E-state index in [0.717, 1.165) is 5.56 Å². The summed E-state index contributed by atoms with van der Waals surface area (Å²) in [7, 11) is 2.83. The highest BCUT2D eigenvalue weighted by molar-refractivity contribution is 5.69. The number of nitrogens with zero attached hydrogens (tertiary/aromatic N) is 1. The van der Waals surface area contributed by atoms with Gasteiger partial charge in [-0.05, 0) is 12.0 Å². The maximum absolute atomic E-state index is 11.2. The van der Waals surface area contributed by atoms with Crippen LogP contribution in [0, 0.1) is 17.2 Å². The van der Waals surface area contributed by atoms with E-state index in [1.54, 1.807) is 0 Å².